The molecule has 25 heavy (non-hydrogen) atoms. The Balaban J connectivity index is 1.41. The highest BCUT2D eigenvalue weighted by atomic mass is 32.1. The smallest absolute Gasteiger partial charge is 0.227 e. The van der Waals surface area contributed by atoms with Gasteiger partial charge in [-0.15, -0.1) is 11.3 Å². The normalized spacial score (nSPS) is 25.2. The number of anilines is 1. The number of likely N-dealkylation sites (tertiary alicyclic amines) is 1. The molecule has 0 aromatic carbocycles. The van der Waals surface area contributed by atoms with Gasteiger partial charge < -0.3 is 9.80 Å². The first kappa shape index (κ1) is 16.5. The topological polar surface area (TPSA) is 49.3 Å². The Bertz CT molecular complexity index is 747. The van der Waals surface area contributed by atoms with E-state index in [-0.39, 0.29) is 5.91 Å². The number of aryl methyl sites for hydroxylation is 1. The third-order valence-corrected chi connectivity index (χ3v) is 6.70. The standard InChI is InChI=1S/C19H24N4OS/c1-13-3-5-15(25-13)9-19(24)23-11-14-4-6-17(16(14)12-23)22(2)18-10-20-7-8-21-18/h3,5,7-8,10,14,16-17H,4,6,9,11-12H2,1-2H3/t14-,16+,17-/m1/s1. The molecular formula is C19H24N4OS. The third kappa shape index (κ3) is 3.27. The number of nitrogens with zero attached hydrogens (tertiary/aromatic N) is 4. The van der Waals surface area contributed by atoms with Gasteiger partial charge in [-0.05, 0) is 37.8 Å². The van der Waals surface area contributed by atoms with E-state index in [2.05, 4.69) is 45.9 Å². The summed E-state index contributed by atoms with van der Waals surface area (Å²) in [7, 11) is 2.11. The van der Waals surface area contributed by atoms with E-state index >= 15 is 0 Å². The number of carbonyl (C=O) groups is 1. The van der Waals surface area contributed by atoms with E-state index in [0.29, 0.717) is 24.3 Å². The van der Waals surface area contributed by atoms with Crippen molar-refractivity contribution < 1.29 is 4.79 Å². The highest BCUT2D eigenvalue weighted by molar-refractivity contribution is 7.12. The van der Waals surface area contributed by atoms with E-state index in [1.54, 1.807) is 23.7 Å². The lowest BCUT2D eigenvalue weighted by Gasteiger charge is -2.30. The molecule has 1 amide bonds. The quantitative estimate of drug-likeness (QED) is 0.845. The van der Waals surface area contributed by atoms with E-state index in [4.69, 9.17) is 0 Å². The molecule has 4 rings (SSSR count). The van der Waals surface area contributed by atoms with Crippen molar-refractivity contribution in [2.75, 3.05) is 25.0 Å². The van der Waals surface area contributed by atoms with Gasteiger partial charge in [0.2, 0.25) is 5.91 Å². The lowest BCUT2D eigenvalue weighted by Crippen LogP contribution is -2.39. The summed E-state index contributed by atoms with van der Waals surface area (Å²) in [6, 6.07) is 4.63. The van der Waals surface area contributed by atoms with Gasteiger partial charge in [0.25, 0.3) is 0 Å². The molecular weight excluding hydrogens is 332 g/mol. The number of fused-ring (bicyclic) bond motifs is 1. The Hall–Kier alpha value is -1.95. The summed E-state index contributed by atoms with van der Waals surface area (Å²) >= 11 is 1.73. The van der Waals surface area contributed by atoms with Gasteiger partial charge >= 0.3 is 0 Å². The van der Waals surface area contributed by atoms with Crippen molar-refractivity contribution >= 4 is 23.1 Å². The molecule has 0 unspecified atom stereocenters. The van der Waals surface area contributed by atoms with Crippen LogP contribution in [0.4, 0.5) is 5.82 Å². The third-order valence-electron chi connectivity index (χ3n) is 5.70. The fourth-order valence-electron chi connectivity index (χ4n) is 4.41. The average molecular weight is 356 g/mol. The number of amides is 1. The number of hydrogen-bond acceptors (Lipinski definition) is 5. The van der Waals surface area contributed by atoms with Crippen LogP contribution in [0, 0.1) is 18.8 Å². The number of aromatic nitrogens is 2. The van der Waals surface area contributed by atoms with Gasteiger partial charge in [-0.1, -0.05) is 0 Å². The first-order valence-corrected chi connectivity index (χ1v) is 9.75. The van der Waals surface area contributed by atoms with E-state index in [0.717, 1.165) is 18.9 Å². The Morgan fingerprint density at radius 1 is 1.32 bits per heavy atom. The fraction of sp³-hybridized carbons (Fsp3) is 0.526. The van der Waals surface area contributed by atoms with Crippen LogP contribution >= 0.6 is 11.3 Å². The largest absolute Gasteiger partial charge is 0.355 e. The summed E-state index contributed by atoms with van der Waals surface area (Å²) in [4.78, 5) is 28.1. The van der Waals surface area contributed by atoms with Gasteiger partial charge in [-0.2, -0.15) is 0 Å². The molecule has 2 aliphatic rings. The van der Waals surface area contributed by atoms with Crippen LogP contribution in [0.15, 0.2) is 30.7 Å². The van der Waals surface area contributed by atoms with Crippen molar-refractivity contribution in [1.82, 2.24) is 14.9 Å². The Labute approximate surface area is 152 Å². The molecule has 1 saturated heterocycles. The fourth-order valence-corrected chi connectivity index (χ4v) is 5.29. The van der Waals surface area contributed by atoms with Gasteiger partial charge in [0.15, 0.2) is 0 Å². The summed E-state index contributed by atoms with van der Waals surface area (Å²) in [5, 5.41) is 0. The number of hydrogen-bond donors (Lipinski definition) is 0. The van der Waals surface area contributed by atoms with Crippen molar-refractivity contribution in [2.45, 2.75) is 32.2 Å². The minimum atomic E-state index is 0.275. The summed E-state index contributed by atoms with van der Waals surface area (Å²) in [6.07, 6.45) is 8.19. The highest BCUT2D eigenvalue weighted by Gasteiger charge is 2.45. The molecule has 2 fully saturated rings. The maximum Gasteiger partial charge on any atom is 0.227 e. The van der Waals surface area contributed by atoms with E-state index in [1.807, 2.05) is 6.20 Å². The molecule has 0 radical (unpaired) electrons. The molecule has 0 N–H and O–H groups in total. The van der Waals surface area contributed by atoms with Gasteiger partial charge in [0.05, 0.1) is 12.6 Å². The Morgan fingerprint density at radius 2 is 2.20 bits per heavy atom. The minimum absolute atomic E-state index is 0.275. The zero-order valence-corrected chi connectivity index (χ0v) is 15.6. The molecule has 2 aromatic heterocycles. The van der Waals surface area contributed by atoms with Gasteiger partial charge in [0, 0.05) is 54.2 Å². The average Bonchev–Trinajstić information content (AvgIpc) is 3.30. The molecule has 1 saturated carbocycles. The minimum Gasteiger partial charge on any atom is -0.355 e. The molecule has 0 bridgehead atoms. The van der Waals surface area contributed by atoms with Crippen LogP contribution in [0.1, 0.15) is 22.6 Å². The zero-order valence-electron chi connectivity index (χ0n) is 14.8. The summed E-state index contributed by atoms with van der Waals surface area (Å²) in [5.74, 6) is 2.36. The molecule has 3 atom stereocenters. The van der Waals surface area contributed by atoms with Crippen LogP contribution in [-0.4, -0.2) is 47.0 Å². The van der Waals surface area contributed by atoms with Crippen molar-refractivity contribution in [3.63, 3.8) is 0 Å². The van der Waals surface area contributed by atoms with E-state index in [9.17, 15) is 4.79 Å². The molecule has 132 valence electrons. The van der Waals surface area contributed by atoms with Gasteiger partial charge in [-0.3, -0.25) is 9.78 Å². The molecule has 0 spiro atoms. The molecule has 3 heterocycles. The second-order valence-corrected chi connectivity index (χ2v) is 8.60. The van der Waals surface area contributed by atoms with Crippen molar-refractivity contribution in [3.05, 3.63) is 40.5 Å². The monoisotopic (exact) mass is 356 g/mol. The van der Waals surface area contributed by atoms with Crippen LogP contribution in [0.2, 0.25) is 0 Å². The lowest BCUT2D eigenvalue weighted by molar-refractivity contribution is -0.129. The lowest BCUT2D eigenvalue weighted by atomic mass is 9.97. The van der Waals surface area contributed by atoms with E-state index < -0.39 is 0 Å². The molecule has 1 aliphatic carbocycles. The second kappa shape index (κ2) is 6.75. The predicted molar refractivity (Wildman–Crippen MR) is 99.8 cm³/mol. The maximum atomic E-state index is 12.7. The van der Waals surface area contributed by atoms with Crippen molar-refractivity contribution in [1.29, 1.82) is 0 Å². The van der Waals surface area contributed by atoms with Crippen LogP contribution in [0.3, 0.4) is 0 Å². The molecule has 6 heteroatoms. The molecule has 2 aromatic rings. The maximum absolute atomic E-state index is 12.7. The summed E-state index contributed by atoms with van der Waals surface area (Å²) in [6.45, 7) is 3.88. The molecule has 1 aliphatic heterocycles. The van der Waals surface area contributed by atoms with Crippen molar-refractivity contribution in [3.8, 4) is 0 Å². The van der Waals surface area contributed by atoms with Crippen LogP contribution in [-0.2, 0) is 11.2 Å². The number of rotatable bonds is 4. The SMILES string of the molecule is Cc1ccc(CC(=O)N2C[C@H]3CC[C@@H](N(C)c4cnccn4)[C@H]3C2)s1. The first-order valence-electron chi connectivity index (χ1n) is 8.94. The molecule has 5 nitrogen and oxygen atoms in total. The second-order valence-electron chi connectivity index (χ2n) is 7.23. The Kier molecular flexibility index (Phi) is 4.46. The Morgan fingerprint density at radius 3 is 2.92 bits per heavy atom. The van der Waals surface area contributed by atoms with Crippen LogP contribution < -0.4 is 4.90 Å². The zero-order chi connectivity index (χ0) is 17.4. The van der Waals surface area contributed by atoms with Gasteiger partial charge in [0.1, 0.15) is 5.82 Å². The van der Waals surface area contributed by atoms with Crippen LogP contribution in [0.25, 0.3) is 0 Å². The van der Waals surface area contributed by atoms with Gasteiger partial charge in [-0.25, -0.2) is 4.98 Å². The van der Waals surface area contributed by atoms with Crippen LogP contribution in [0.5, 0.6) is 0 Å². The summed E-state index contributed by atoms with van der Waals surface area (Å²) < 4.78 is 0. The number of carbonyl (C=O) groups excluding carboxylic acids is 1. The summed E-state index contributed by atoms with van der Waals surface area (Å²) in [5.41, 5.74) is 0. The van der Waals surface area contributed by atoms with E-state index in [1.165, 1.54) is 22.6 Å². The highest BCUT2D eigenvalue weighted by Crippen LogP contribution is 2.41. The number of thiophene rings is 1. The van der Waals surface area contributed by atoms with Crippen molar-refractivity contribution in [2.24, 2.45) is 11.8 Å². The predicted octanol–water partition coefficient (Wildman–Crippen LogP) is 2.76. The first-order chi connectivity index (χ1) is 12.1.